The Morgan fingerprint density at radius 3 is 2.08 bits per heavy atom. The summed E-state index contributed by atoms with van der Waals surface area (Å²) in [6.07, 6.45) is -4.88. The molecule has 3 aromatic rings. The molecular weight excluding hydrogens is 617 g/mol. The molecule has 0 aliphatic heterocycles. The van der Waals surface area contributed by atoms with Crippen LogP contribution in [-0.2, 0) is 6.18 Å². The molecule has 0 radical (unpaired) electrons. The zero-order chi connectivity index (χ0) is 29.2. The van der Waals surface area contributed by atoms with Crippen molar-refractivity contribution in [2.75, 3.05) is 12.5 Å². The Balaban J connectivity index is 1.93. The first-order valence-corrected chi connectivity index (χ1v) is 10.7. The molecule has 0 atom stereocenters. The molecule has 0 aliphatic rings. The summed E-state index contributed by atoms with van der Waals surface area (Å²) in [7, 11) is 1.16. The number of rotatable bonds is 8. The normalized spacial score (nSPS) is 11.5. The quantitative estimate of drug-likeness (QED) is 0.0929. The minimum absolute atomic E-state index is 0.0555. The Kier molecular flexibility index (Phi) is 8.27. The Morgan fingerprint density at radius 2 is 1.56 bits per heavy atom. The van der Waals surface area contributed by atoms with E-state index in [2.05, 4.69) is 21.0 Å². The number of hydrazone groups is 1. The number of methoxy groups -OCH3 is 1. The van der Waals surface area contributed by atoms with E-state index in [1.165, 1.54) is 12.1 Å². The predicted molar refractivity (Wildman–Crippen MR) is 123 cm³/mol. The molecule has 0 bridgehead atoms. The second-order valence-corrected chi connectivity index (χ2v) is 8.03. The summed E-state index contributed by atoms with van der Waals surface area (Å²) in [6, 6.07) is 5.03. The van der Waals surface area contributed by atoms with Gasteiger partial charge in [0.2, 0.25) is 5.75 Å². The number of halogens is 8. The van der Waals surface area contributed by atoms with Crippen molar-refractivity contribution in [3.63, 3.8) is 0 Å². The van der Waals surface area contributed by atoms with E-state index in [1.807, 2.05) is 0 Å². The Bertz CT molecular complexity index is 1490. The number of nitrogens with one attached hydrogen (secondary N) is 1. The van der Waals surface area contributed by atoms with Crippen molar-refractivity contribution in [3.05, 3.63) is 89.4 Å². The van der Waals surface area contributed by atoms with E-state index < -0.39 is 67.7 Å². The number of ether oxygens (including phenoxy) is 2. The highest BCUT2D eigenvalue weighted by Gasteiger charge is 2.42. The molecule has 0 unspecified atom stereocenters. The van der Waals surface area contributed by atoms with Crippen molar-refractivity contribution in [2.45, 2.75) is 6.18 Å². The van der Waals surface area contributed by atoms with Crippen LogP contribution in [0.3, 0.4) is 0 Å². The van der Waals surface area contributed by atoms with Gasteiger partial charge in [-0.1, -0.05) is 0 Å². The zero-order valence-corrected chi connectivity index (χ0v) is 20.4. The maximum absolute atomic E-state index is 14.0. The van der Waals surface area contributed by atoms with Crippen LogP contribution in [0, 0.1) is 43.5 Å². The minimum Gasteiger partial charge on any atom is -0.493 e. The molecule has 0 spiro atoms. The molecule has 0 aliphatic carbocycles. The van der Waals surface area contributed by atoms with Crippen LogP contribution in [0.1, 0.15) is 11.1 Å². The van der Waals surface area contributed by atoms with Crippen molar-refractivity contribution >= 4 is 39.2 Å². The van der Waals surface area contributed by atoms with Crippen LogP contribution < -0.4 is 14.9 Å². The fourth-order valence-electron chi connectivity index (χ4n) is 3.02. The van der Waals surface area contributed by atoms with Gasteiger partial charge in [0.15, 0.2) is 34.8 Å². The van der Waals surface area contributed by atoms with Gasteiger partial charge in [0.1, 0.15) is 11.3 Å². The van der Waals surface area contributed by atoms with Crippen LogP contribution in [0.5, 0.6) is 17.2 Å². The van der Waals surface area contributed by atoms with Crippen molar-refractivity contribution in [3.8, 4) is 17.2 Å². The van der Waals surface area contributed by atoms with Crippen molar-refractivity contribution in [1.82, 2.24) is 0 Å². The second-order valence-electron chi connectivity index (χ2n) is 7.18. The molecule has 0 amide bonds. The minimum atomic E-state index is -5.71. The van der Waals surface area contributed by atoms with Crippen LogP contribution in [0.15, 0.2) is 39.9 Å². The first-order valence-electron chi connectivity index (χ1n) is 9.87. The molecule has 3 rings (SSSR count). The lowest BCUT2D eigenvalue weighted by atomic mass is 10.1. The number of nitro groups is 2. The van der Waals surface area contributed by atoms with Crippen molar-refractivity contribution < 1.29 is 50.1 Å². The van der Waals surface area contributed by atoms with Gasteiger partial charge in [-0.25, -0.2) is 17.6 Å². The fourth-order valence-corrected chi connectivity index (χ4v) is 3.56. The van der Waals surface area contributed by atoms with Crippen LogP contribution >= 0.6 is 15.9 Å². The van der Waals surface area contributed by atoms with Gasteiger partial charge in [-0.3, -0.25) is 25.7 Å². The van der Waals surface area contributed by atoms with Crippen LogP contribution in [0.25, 0.3) is 0 Å². The molecule has 3 aromatic carbocycles. The highest BCUT2D eigenvalue weighted by atomic mass is 79.9. The maximum atomic E-state index is 14.0. The molecule has 206 valence electrons. The molecule has 0 fully saturated rings. The molecule has 0 saturated heterocycles. The lowest BCUT2D eigenvalue weighted by Crippen LogP contribution is -2.16. The third-order valence-corrected chi connectivity index (χ3v) is 5.34. The summed E-state index contributed by atoms with van der Waals surface area (Å²) in [5, 5.41) is 25.6. The summed E-state index contributed by atoms with van der Waals surface area (Å²) in [5.74, 6) is -10.7. The average Bonchev–Trinajstić information content (AvgIpc) is 2.85. The third kappa shape index (κ3) is 6.00. The lowest BCUT2D eigenvalue weighted by Gasteiger charge is -2.14. The predicted octanol–water partition coefficient (Wildman–Crippen LogP) is 7.09. The van der Waals surface area contributed by atoms with Gasteiger partial charge in [0, 0.05) is 6.07 Å². The van der Waals surface area contributed by atoms with Crippen LogP contribution in [-0.4, -0.2) is 23.2 Å². The summed E-state index contributed by atoms with van der Waals surface area (Å²) in [4.78, 5) is 20.5. The topological polar surface area (TPSA) is 129 Å². The van der Waals surface area contributed by atoms with Gasteiger partial charge in [0.05, 0.1) is 33.7 Å². The van der Waals surface area contributed by atoms with E-state index >= 15 is 0 Å². The maximum Gasteiger partial charge on any atom is 0.422 e. The molecule has 0 saturated carbocycles. The van der Waals surface area contributed by atoms with E-state index in [-0.39, 0.29) is 21.5 Å². The first-order chi connectivity index (χ1) is 18.2. The highest BCUT2D eigenvalue weighted by Crippen LogP contribution is 2.43. The van der Waals surface area contributed by atoms with Gasteiger partial charge < -0.3 is 9.47 Å². The number of non-ortho nitro benzene ring substituents is 1. The number of hydrogen-bond donors (Lipinski definition) is 1. The summed E-state index contributed by atoms with van der Waals surface area (Å²) < 4.78 is 104. The van der Waals surface area contributed by atoms with Gasteiger partial charge in [-0.05, 0) is 39.7 Å². The van der Waals surface area contributed by atoms with Crippen LogP contribution in [0.4, 0.5) is 47.8 Å². The smallest absolute Gasteiger partial charge is 0.422 e. The third-order valence-electron chi connectivity index (χ3n) is 4.75. The Hall–Kier alpha value is -4.48. The molecule has 1 N–H and O–H groups in total. The number of anilines is 1. The molecular formula is C21H10BrF7N4O6. The molecule has 39 heavy (non-hydrogen) atoms. The van der Waals surface area contributed by atoms with Gasteiger partial charge in [0.25, 0.3) is 5.69 Å². The fraction of sp³-hybridized carbons (Fsp3) is 0.0952. The molecule has 10 nitrogen and oxygen atoms in total. The van der Waals surface area contributed by atoms with E-state index in [0.717, 1.165) is 25.5 Å². The standard InChI is InChI=1S/C21H10BrF7N4O6/c1-38-13-5-8(7-30-31-19-17(25)15(23)14(21(27,28)29)16(24)18(19)26)4-10(22)20(13)39-12-3-2-9(32(34)35)6-11(12)33(36)37/h2-7,31H,1H3/b30-7+. The van der Waals surface area contributed by atoms with E-state index in [1.54, 1.807) is 5.43 Å². The Labute approximate surface area is 220 Å². The first kappa shape index (κ1) is 29.1. The molecule has 0 heterocycles. The van der Waals surface area contributed by atoms with Crippen LogP contribution in [0.2, 0.25) is 0 Å². The van der Waals surface area contributed by atoms with Crippen molar-refractivity contribution in [2.24, 2.45) is 5.10 Å². The number of hydrogen-bond acceptors (Lipinski definition) is 8. The lowest BCUT2D eigenvalue weighted by molar-refractivity contribution is -0.394. The van der Waals surface area contributed by atoms with E-state index in [9.17, 15) is 51.0 Å². The summed E-state index contributed by atoms with van der Waals surface area (Å²) in [5.41, 5.74) is -4.04. The second kappa shape index (κ2) is 11.1. The zero-order valence-electron chi connectivity index (χ0n) is 18.8. The summed E-state index contributed by atoms with van der Waals surface area (Å²) in [6.45, 7) is 0. The van der Waals surface area contributed by atoms with Gasteiger partial charge in [-0.15, -0.1) is 0 Å². The monoisotopic (exact) mass is 626 g/mol. The molecule has 0 aromatic heterocycles. The van der Waals surface area contributed by atoms with Gasteiger partial charge in [-0.2, -0.15) is 18.3 Å². The number of nitro benzene ring substituents is 2. The number of nitrogens with zero attached hydrogens (tertiary/aromatic N) is 3. The highest BCUT2D eigenvalue weighted by molar-refractivity contribution is 9.10. The molecule has 18 heteroatoms. The number of benzene rings is 3. The SMILES string of the molecule is COc1cc(/C=N/Nc2c(F)c(F)c(C(F)(F)F)c(F)c2F)cc(Br)c1Oc1ccc([N+](=O)[O-])cc1[N+](=O)[O-]. The largest absolute Gasteiger partial charge is 0.493 e. The summed E-state index contributed by atoms with van der Waals surface area (Å²) >= 11 is 3.11. The Morgan fingerprint density at radius 1 is 0.949 bits per heavy atom. The van der Waals surface area contributed by atoms with Crippen molar-refractivity contribution in [1.29, 1.82) is 0 Å². The number of alkyl halides is 3. The van der Waals surface area contributed by atoms with Gasteiger partial charge >= 0.3 is 11.9 Å². The van der Waals surface area contributed by atoms with E-state index in [0.29, 0.717) is 6.07 Å². The van der Waals surface area contributed by atoms with E-state index in [4.69, 9.17) is 9.47 Å². The average molecular weight is 627 g/mol.